The molecule has 1 aliphatic heterocycles. The summed E-state index contributed by atoms with van der Waals surface area (Å²) in [7, 11) is 1.60. The predicted octanol–water partition coefficient (Wildman–Crippen LogP) is 2.44. The van der Waals surface area contributed by atoms with Crippen molar-refractivity contribution in [3.8, 4) is 0 Å². The molecule has 124 valence electrons. The van der Waals surface area contributed by atoms with E-state index in [1.807, 2.05) is 6.92 Å². The molecule has 1 saturated heterocycles. The van der Waals surface area contributed by atoms with Gasteiger partial charge in [0.2, 0.25) is 5.91 Å². The van der Waals surface area contributed by atoms with Crippen LogP contribution in [0.4, 0.5) is 4.39 Å². The monoisotopic (exact) mass is 330 g/mol. The van der Waals surface area contributed by atoms with Crippen LogP contribution < -0.4 is 10.6 Å². The Bertz CT molecular complexity index is 464. The molecule has 1 aliphatic rings. The Hall–Kier alpha value is -1.17. The van der Waals surface area contributed by atoms with E-state index in [2.05, 4.69) is 10.6 Å². The molecule has 4 nitrogen and oxygen atoms in total. The van der Waals surface area contributed by atoms with Crippen LogP contribution >= 0.6 is 12.4 Å². The van der Waals surface area contributed by atoms with E-state index in [9.17, 15) is 9.18 Å². The number of methoxy groups -OCH3 is 1. The highest BCUT2D eigenvalue weighted by atomic mass is 35.5. The minimum absolute atomic E-state index is 0. The highest BCUT2D eigenvalue weighted by Crippen LogP contribution is 2.22. The second kappa shape index (κ2) is 9.08. The van der Waals surface area contributed by atoms with E-state index in [0.29, 0.717) is 0 Å². The van der Waals surface area contributed by atoms with E-state index in [1.165, 1.54) is 12.1 Å². The largest absolute Gasteiger partial charge is 0.375 e. The number of ether oxygens (including phenoxy) is 1. The zero-order valence-electron chi connectivity index (χ0n) is 13.0. The highest BCUT2D eigenvalue weighted by molar-refractivity contribution is 5.85. The normalized spacial score (nSPS) is 18.1. The molecule has 6 heteroatoms. The zero-order valence-corrected chi connectivity index (χ0v) is 13.8. The van der Waals surface area contributed by atoms with Gasteiger partial charge in [0.1, 0.15) is 11.9 Å². The van der Waals surface area contributed by atoms with Crippen molar-refractivity contribution in [1.29, 1.82) is 0 Å². The Labute approximate surface area is 137 Å². The Balaban J connectivity index is 0.00000242. The Morgan fingerprint density at radius 1 is 1.32 bits per heavy atom. The Morgan fingerprint density at radius 3 is 2.45 bits per heavy atom. The Kier molecular flexibility index (Phi) is 7.79. The van der Waals surface area contributed by atoms with E-state index >= 15 is 0 Å². The minimum Gasteiger partial charge on any atom is -0.375 e. The van der Waals surface area contributed by atoms with Gasteiger partial charge in [-0.25, -0.2) is 4.39 Å². The van der Waals surface area contributed by atoms with Crippen molar-refractivity contribution in [3.63, 3.8) is 0 Å². The molecule has 2 atom stereocenters. The van der Waals surface area contributed by atoms with Gasteiger partial charge in [-0.3, -0.25) is 4.79 Å². The number of hydrogen-bond donors (Lipinski definition) is 2. The topological polar surface area (TPSA) is 50.4 Å². The fourth-order valence-electron chi connectivity index (χ4n) is 2.78. The lowest BCUT2D eigenvalue weighted by atomic mass is 9.96. The van der Waals surface area contributed by atoms with Gasteiger partial charge in [-0.2, -0.15) is 0 Å². The van der Waals surface area contributed by atoms with E-state index in [0.717, 1.165) is 31.5 Å². The molecule has 1 fully saturated rings. The van der Waals surface area contributed by atoms with Crippen molar-refractivity contribution < 1.29 is 13.9 Å². The third-order valence-corrected chi connectivity index (χ3v) is 3.99. The van der Waals surface area contributed by atoms with Crippen molar-refractivity contribution in [1.82, 2.24) is 10.6 Å². The number of benzene rings is 1. The smallest absolute Gasteiger partial charge is 0.223 e. The van der Waals surface area contributed by atoms with E-state index in [-0.39, 0.29) is 42.2 Å². The molecule has 0 saturated carbocycles. The molecular weight excluding hydrogens is 307 g/mol. The Morgan fingerprint density at radius 2 is 1.91 bits per heavy atom. The van der Waals surface area contributed by atoms with Crippen molar-refractivity contribution in [3.05, 3.63) is 35.6 Å². The van der Waals surface area contributed by atoms with Crippen LogP contribution in [0.1, 0.15) is 31.4 Å². The van der Waals surface area contributed by atoms with Crippen LogP contribution in [-0.2, 0) is 9.53 Å². The van der Waals surface area contributed by atoms with Gasteiger partial charge in [0.05, 0.1) is 6.04 Å². The number of halogens is 2. The summed E-state index contributed by atoms with van der Waals surface area (Å²) in [6.07, 6.45) is 1.45. The van der Waals surface area contributed by atoms with Gasteiger partial charge < -0.3 is 15.4 Å². The first-order valence-electron chi connectivity index (χ1n) is 7.41. The molecule has 1 aromatic rings. The number of piperidine rings is 1. The number of carbonyl (C=O) groups excluding carboxylic acids is 1. The lowest BCUT2D eigenvalue weighted by molar-refractivity contribution is -0.127. The lowest BCUT2D eigenvalue weighted by Crippen LogP contribution is -2.44. The van der Waals surface area contributed by atoms with Crippen LogP contribution in [0.25, 0.3) is 0 Å². The van der Waals surface area contributed by atoms with Crippen LogP contribution in [-0.4, -0.2) is 32.1 Å². The first-order valence-corrected chi connectivity index (χ1v) is 7.41. The molecule has 22 heavy (non-hydrogen) atoms. The number of carbonyl (C=O) groups is 1. The van der Waals surface area contributed by atoms with Crippen molar-refractivity contribution >= 4 is 18.3 Å². The fraction of sp³-hybridized carbons (Fsp3) is 0.562. The number of nitrogens with one attached hydrogen (secondary N) is 2. The van der Waals surface area contributed by atoms with Gasteiger partial charge in [0.25, 0.3) is 0 Å². The summed E-state index contributed by atoms with van der Waals surface area (Å²) in [5.74, 6) is -0.132. The summed E-state index contributed by atoms with van der Waals surface area (Å²) < 4.78 is 18.5. The van der Waals surface area contributed by atoms with Crippen molar-refractivity contribution in [2.75, 3.05) is 20.2 Å². The van der Waals surface area contributed by atoms with Gasteiger partial charge in [-0.05, 0) is 50.6 Å². The predicted molar refractivity (Wildman–Crippen MR) is 86.6 cm³/mol. The zero-order chi connectivity index (χ0) is 15.2. The second-order valence-electron chi connectivity index (χ2n) is 5.53. The van der Waals surface area contributed by atoms with Crippen LogP contribution in [0, 0.1) is 11.7 Å². The van der Waals surface area contributed by atoms with Crippen LogP contribution in [0.5, 0.6) is 0 Å². The maximum Gasteiger partial charge on any atom is 0.223 e. The summed E-state index contributed by atoms with van der Waals surface area (Å²) in [5, 5.41) is 6.28. The minimum atomic E-state index is -0.281. The van der Waals surface area contributed by atoms with Gasteiger partial charge in [0, 0.05) is 13.0 Å². The maximum absolute atomic E-state index is 13.0. The maximum atomic E-state index is 13.0. The van der Waals surface area contributed by atoms with Crippen LogP contribution in [0.15, 0.2) is 24.3 Å². The molecule has 0 aliphatic carbocycles. The first kappa shape index (κ1) is 18.9. The van der Waals surface area contributed by atoms with Crippen molar-refractivity contribution in [2.24, 2.45) is 5.92 Å². The van der Waals surface area contributed by atoms with Crippen LogP contribution in [0.2, 0.25) is 0 Å². The second-order valence-corrected chi connectivity index (χ2v) is 5.53. The molecule has 2 rings (SSSR count). The quantitative estimate of drug-likeness (QED) is 0.872. The van der Waals surface area contributed by atoms with Crippen LogP contribution in [0.3, 0.4) is 0 Å². The van der Waals surface area contributed by atoms with Crippen molar-refractivity contribution in [2.45, 2.75) is 31.9 Å². The number of amides is 1. The molecule has 0 spiro atoms. The average Bonchev–Trinajstić information content (AvgIpc) is 2.50. The third kappa shape index (κ3) is 4.93. The van der Waals surface area contributed by atoms with Gasteiger partial charge >= 0.3 is 0 Å². The summed E-state index contributed by atoms with van der Waals surface area (Å²) in [6.45, 7) is 3.69. The fourth-order valence-corrected chi connectivity index (χ4v) is 2.78. The molecule has 0 bridgehead atoms. The number of hydrogen-bond acceptors (Lipinski definition) is 3. The molecule has 1 amide bonds. The summed E-state index contributed by atoms with van der Waals surface area (Å²) >= 11 is 0. The molecule has 1 aromatic carbocycles. The molecule has 0 aromatic heterocycles. The third-order valence-electron chi connectivity index (χ3n) is 3.99. The van der Waals surface area contributed by atoms with E-state index < -0.39 is 0 Å². The highest BCUT2D eigenvalue weighted by Gasteiger charge is 2.26. The number of rotatable bonds is 5. The molecule has 2 N–H and O–H groups in total. The van der Waals surface area contributed by atoms with E-state index in [1.54, 1.807) is 19.2 Å². The first-order chi connectivity index (χ1) is 10.1. The van der Waals surface area contributed by atoms with Gasteiger partial charge in [0.15, 0.2) is 0 Å². The lowest BCUT2D eigenvalue weighted by Gasteiger charge is -2.28. The standard InChI is InChI=1S/C16H23FN2O2.ClH/c1-11(19-16(20)13-7-9-18-10-8-13)15(21-2)12-3-5-14(17)6-4-12;/h3-6,11,13,15,18H,7-10H2,1-2H3,(H,19,20);1H. The average molecular weight is 331 g/mol. The van der Waals surface area contributed by atoms with E-state index in [4.69, 9.17) is 4.74 Å². The van der Waals surface area contributed by atoms with Gasteiger partial charge in [-0.1, -0.05) is 12.1 Å². The molecular formula is C16H24ClFN2O2. The molecule has 2 unspecified atom stereocenters. The summed E-state index contributed by atoms with van der Waals surface area (Å²) in [6, 6.07) is 6.03. The SMILES string of the molecule is COC(c1ccc(F)cc1)C(C)NC(=O)C1CCNCC1.Cl. The molecule has 0 radical (unpaired) electrons. The summed E-state index contributed by atoms with van der Waals surface area (Å²) in [4.78, 5) is 12.3. The van der Waals surface area contributed by atoms with Gasteiger partial charge in [-0.15, -0.1) is 12.4 Å². The molecule has 1 heterocycles. The summed E-state index contributed by atoms with van der Waals surface area (Å²) in [5.41, 5.74) is 0.858.